The Morgan fingerprint density at radius 2 is 1.89 bits per heavy atom. The molecule has 1 aliphatic rings. The molecule has 0 radical (unpaired) electrons. The maximum Gasteiger partial charge on any atom is 0.314 e. The Bertz CT molecular complexity index is 874. The minimum Gasteiger partial charge on any atom is -0.426 e. The second kappa shape index (κ2) is 9.32. The molecule has 0 N–H and O–H groups in total. The molecule has 144 valence electrons. The Labute approximate surface area is 165 Å². The van der Waals surface area contributed by atoms with Crippen molar-refractivity contribution < 1.29 is 13.9 Å². The van der Waals surface area contributed by atoms with Crippen LogP contribution < -0.4 is 4.74 Å². The molecule has 1 fully saturated rings. The number of esters is 1. The molecule has 0 unspecified atom stereocenters. The molecular formula is C24H24FNO2. The lowest BCUT2D eigenvalue weighted by atomic mass is 9.78. The molecule has 0 atom stereocenters. The predicted molar refractivity (Wildman–Crippen MR) is 106 cm³/mol. The summed E-state index contributed by atoms with van der Waals surface area (Å²) in [6.45, 7) is 3.76. The third kappa shape index (κ3) is 4.86. The van der Waals surface area contributed by atoms with Crippen LogP contribution in [-0.4, -0.2) is 5.97 Å². The van der Waals surface area contributed by atoms with E-state index >= 15 is 0 Å². The average Bonchev–Trinajstić information content (AvgIpc) is 2.73. The summed E-state index contributed by atoms with van der Waals surface area (Å²) >= 11 is 0. The normalized spacial score (nSPS) is 18.9. The maximum absolute atomic E-state index is 13.7. The number of nitrogens with zero attached hydrogens (tertiary/aromatic N) is 1. The SMILES string of the molecule is C=CCCc1ccc(C2CCC(C(=O)Oc3ccc(C#N)c(F)c3)CC2)cc1. The molecule has 2 aromatic carbocycles. The lowest BCUT2D eigenvalue weighted by Crippen LogP contribution is -2.25. The Balaban J connectivity index is 1.53. The first-order valence-electron chi connectivity index (χ1n) is 9.71. The van der Waals surface area contributed by atoms with Gasteiger partial charge in [0.15, 0.2) is 0 Å². The minimum absolute atomic E-state index is 0.0594. The summed E-state index contributed by atoms with van der Waals surface area (Å²) in [6.07, 6.45) is 7.33. The Hall–Kier alpha value is -2.93. The first-order chi connectivity index (χ1) is 13.6. The zero-order valence-corrected chi connectivity index (χ0v) is 15.9. The topological polar surface area (TPSA) is 50.1 Å². The second-order valence-corrected chi connectivity index (χ2v) is 7.29. The van der Waals surface area contributed by atoms with E-state index in [2.05, 4.69) is 30.8 Å². The van der Waals surface area contributed by atoms with Crippen LogP contribution in [0.2, 0.25) is 0 Å². The van der Waals surface area contributed by atoms with Crippen molar-refractivity contribution in [3.8, 4) is 11.8 Å². The number of carbonyl (C=O) groups is 1. The molecule has 0 bridgehead atoms. The number of hydrogen-bond acceptors (Lipinski definition) is 3. The molecule has 0 spiro atoms. The standard InChI is InChI=1S/C24H24FNO2/c1-2-3-4-17-5-7-18(8-6-17)19-9-11-20(12-10-19)24(27)28-22-14-13-21(16-26)23(25)15-22/h2,5-8,13-15,19-20H,1,3-4,9-12H2. The average molecular weight is 377 g/mol. The fourth-order valence-corrected chi connectivity index (χ4v) is 3.74. The van der Waals surface area contributed by atoms with E-state index in [0.29, 0.717) is 5.92 Å². The number of ether oxygens (including phenoxy) is 1. The van der Waals surface area contributed by atoms with Crippen LogP contribution in [0.25, 0.3) is 0 Å². The molecule has 3 rings (SSSR count). The van der Waals surface area contributed by atoms with E-state index in [0.717, 1.165) is 44.6 Å². The third-order valence-electron chi connectivity index (χ3n) is 5.43. The highest BCUT2D eigenvalue weighted by atomic mass is 19.1. The van der Waals surface area contributed by atoms with Gasteiger partial charge in [-0.05, 0) is 67.7 Å². The summed E-state index contributed by atoms with van der Waals surface area (Å²) in [7, 11) is 0. The molecule has 1 aliphatic carbocycles. The van der Waals surface area contributed by atoms with Gasteiger partial charge in [-0.25, -0.2) is 4.39 Å². The minimum atomic E-state index is -0.673. The van der Waals surface area contributed by atoms with Gasteiger partial charge in [-0.3, -0.25) is 4.79 Å². The molecule has 4 heteroatoms. The van der Waals surface area contributed by atoms with E-state index in [9.17, 15) is 9.18 Å². The van der Waals surface area contributed by atoms with E-state index in [1.54, 1.807) is 6.07 Å². The van der Waals surface area contributed by atoms with Gasteiger partial charge in [0.25, 0.3) is 0 Å². The molecule has 2 aromatic rings. The van der Waals surface area contributed by atoms with Crippen molar-refractivity contribution in [3.63, 3.8) is 0 Å². The zero-order valence-electron chi connectivity index (χ0n) is 15.9. The fraction of sp³-hybridized carbons (Fsp3) is 0.333. The number of allylic oxidation sites excluding steroid dienone is 1. The molecule has 0 saturated heterocycles. The fourth-order valence-electron chi connectivity index (χ4n) is 3.74. The number of benzene rings is 2. The summed E-state index contributed by atoms with van der Waals surface area (Å²) in [5.41, 5.74) is 2.58. The summed E-state index contributed by atoms with van der Waals surface area (Å²) in [6, 6.07) is 14.4. The van der Waals surface area contributed by atoms with Crippen LogP contribution in [0.1, 0.15) is 54.7 Å². The number of aryl methyl sites for hydroxylation is 1. The summed E-state index contributed by atoms with van der Waals surface area (Å²) < 4.78 is 19.0. The number of hydrogen-bond donors (Lipinski definition) is 0. The first-order valence-corrected chi connectivity index (χ1v) is 9.71. The van der Waals surface area contributed by atoms with Crippen molar-refractivity contribution in [1.29, 1.82) is 5.26 Å². The second-order valence-electron chi connectivity index (χ2n) is 7.29. The van der Waals surface area contributed by atoms with Gasteiger partial charge >= 0.3 is 5.97 Å². The van der Waals surface area contributed by atoms with Gasteiger partial charge in [-0.1, -0.05) is 30.3 Å². The van der Waals surface area contributed by atoms with Crippen LogP contribution in [0.4, 0.5) is 4.39 Å². The van der Waals surface area contributed by atoms with Crippen molar-refractivity contribution in [2.45, 2.75) is 44.4 Å². The van der Waals surface area contributed by atoms with E-state index in [1.807, 2.05) is 6.08 Å². The van der Waals surface area contributed by atoms with Crippen molar-refractivity contribution in [3.05, 3.63) is 77.6 Å². The van der Waals surface area contributed by atoms with Crippen LogP contribution in [0.3, 0.4) is 0 Å². The zero-order chi connectivity index (χ0) is 19.9. The number of rotatable bonds is 6. The van der Waals surface area contributed by atoms with Gasteiger partial charge in [-0.2, -0.15) is 5.26 Å². The van der Waals surface area contributed by atoms with Crippen molar-refractivity contribution in [2.75, 3.05) is 0 Å². The van der Waals surface area contributed by atoms with Gasteiger partial charge in [0.05, 0.1) is 11.5 Å². The monoisotopic (exact) mass is 377 g/mol. The van der Waals surface area contributed by atoms with Crippen LogP contribution in [0.5, 0.6) is 5.75 Å². The van der Waals surface area contributed by atoms with Gasteiger partial charge in [-0.15, -0.1) is 6.58 Å². The van der Waals surface area contributed by atoms with Crippen LogP contribution in [-0.2, 0) is 11.2 Å². The summed E-state index contributed by atoms with van der Waals surface area (Å²) in [5.74, 6) is -0.541. The number of carbonyl (C=O) groups excluding carboxylic acids is 1. The molecule has 0 amide bonds. The first kappa shape index (κ1) is 19.8. The quantitative estimate of drug-likeness (QED) is 0.369. The lowest BCUT2D eigenvalue weighted by Gasteiger charge is -2.27. The largest absolute Gasteiger partial charge is 0.426 e. The van der Waals surface area contributed by atoms with Gasteiger partial charge in [0.2, 0.25) is 0 Å². The van der Waals surface area contributed by atoms with Crippen molar-refractivity contribution >= 4 is 5.97 Å². The lowest BCUT2D eigenvalue weighted by molar-refractivity contribution is -0.140. The molecule has 3 nitrogen and oxygen atoms in total. The van der Waals surface area contributed by atoms with Crippen LogP contribution in [0.15, 0.2) is 55.1 Å². The number of nitriles is 1. The Morgan fingerprint density at radius 3 is 2.50 bits per heavy atom. The van der Waals surface area contributed by atoms with E-state index in [-0.39, 0.29) is 23.2 Å². The highest BCUT2D eigenvalue weighted by Gasteiger charge is 2.28. The Morgan fingerprint density at radius 1 is 1.18 bits per heavy atom. The van der Waals surface area contributed by atoms with Crippen LogP contribution >= 0.6 is 0 Å². The number of halogens is 1. The molecular weight excluding hydrogens is 353 g/mol. The smallest absolute Gasteiger partial charge is 0.314 e. The highest BCUT2D eigenvalue weighted by molar-refractivity contribution is 5.75. The Kier molecular flexibility index (Phi) is 6.60. The summed E-state index contributed by atoms with van der Waals surface area (Å²) in [5, 5.41) is 8.77. The van der Waals surface area contributed by atoms with Crippen molar-refractivity contribution in [1.82, 2.24) is 0 Å². The van der Waals surface area contributed by atoms with E-state index in [4.69, 9.17) is 10.00 Å². The van der Waals surface area contributed by atoms with Crippen LogP contribution in [0, 0.1) is 23.1 Å². The molecule has 28 heavy (non-hydrogen) atoms. The third-order valence-corrected chi connectivity index (χ3v) is 5.43. The van der Waals surface area contributed by atoms with Crippen molar-refractivity contribution in [2.24, 2.45) is 5.92 Å². The van der Waals surface area contributed by atoms with Gasteiger partial charge in [0, 0.05) is 6.07 Å². The summed E-state index contributed by atoms with van der Waals surface area (Å²) in [4.78, 5) is 12.4. The molecule has 0 aromatic heterocycles. The molecule has 0 aliphatic heterocycles. The maximum atomic E-state index is 13.7. The highest BCUT2D eigenvalue weighted by Crippen LogP contribution is 2.36. The molecule has 1 saturated carbocycles. The van der Waals surface area contributed by atoms with Gasteiger partial charge in [0.1, 0.15) is 17.6 Å². The molecule has 0 heterocycles. The predicted octanol–water partition coefficient (Wildman–Crippen LogP) is 5.70. The van der Waals surface area contributed by atoms with Gasteiger partial charge < -0.3 is 4.74 Å². The van der Waals surface area contributed by atoms with E-state index < -0.39 is 5.82 Å². The van der Waals surface area contributed by atoms with E-state index in [1.165, 1.54) is 23.3 Å².